The highest BCUT2D eigenvalue weighted by Gasteiger charge is 2.22. The van der Waals surface area contributed by atoms with E-state index in [1.54, 1.807) is 0 Å². The van der Waals surface area contributed by atoms with Crippen molar-refractivity contribution in [1.82, 2.24) is 30.3 Å². The molecular weight excluding hydrogens is 402 g/mol. The lowest BCUT2D eigenvalue weighted by molar-refractivity contribution is 0.113. The number of hydrogen-bond donors (Lipinski definition) is 2. The fourth-order valence-electron chi connectivity index (χ4n) is 4.36. The highest BCUT2D eigenvalue weighted by atomic mass is 16.5. The maximum absolute atomic E-state index is 5.78. The van der Waals surface area contributed by atoms with Crippen molar-refractivity contribution in [3.63, 3.8) is 0 Å². The third kappa shape index (κ3) is 6.07. The number of likely N-dealkylation sites (tertiary alicyclic amines) is 1. The first-order valence-electron chi connectivity index (χ1n) is 11.9. The van der Waals surface area contributed by atoms with Crippen LogP contribution in [0.1, 0.15) is 48.5 Å². The van der Waals surface area contributed by atoms with Gasteiger partial charge in [0.25, 0.3) is 0 Å². The molecule has 1 aromatic carbocycles. The summed E-state index contributed by atoms with van der Waals surface area (Å²) in [6.07, 6.45) is 4.74. The number of ether oxygens (including phenoxy) is 1. The van der Waals surface area contributed by atoms with Crippen molar-refractivity contribution in [2.24, 2.45) is 12.0 Å². The van der Waals surface area contributed by atoms with E-state index >= 15 is 0 Å². The Morgan fingerprint density at radius 2 is 1.97 bits per heavy atom. The first-order valence-corrected chi connectivity index (χ1v) is 11.9. The molecule has 8 heteroatoms. The van der Waals surface area contributed by atoms with Crippen molar-refractivity contribution in [2.45, 2.75) is 64.8 Å². The quantitative estimate of drug-likeness (QED) is 0.509. The highest BCUT2D eigenvalue weighted by molar-refractivity contribution is 5.80. The van der Waals surface area contributed by atoms with Crippen LogP contribution in [-0.4, -0.2) is 64.0 Å². The smallest absolute Gasteiger partial charge is 0.192 e. The number of guanidine groups is 1. The van der Waals surface area contributed by atoms with Crippen LogP contribution in [-0.2, 0) is 24.9 Å². The van der Waals surface area contributed by atoms with E-state index in [0.29, 0.717) is 12.6 Å². The Hall–Kier alpha value is -2.45. The van der Waals surface area contributed by atoms with Gasteiger partial charge in [-0.25, -0.2) is 4.99 Å². The van der Waals surface area contributed by atoms with Gasteiger partial charge in [-0.15, -0.1) is 10.2 Å². The van der Waals surface area contributed by atoms with Gasteiger partial charge in [-0.2, -0.15) is 0 Å². The lowest BCUT2D eigenvalue weighted by Gasteiger charge is -2.33. The van der Waals surface area contributed by atoms with Gasteiger partial charge in [0.05, 0.1) is 6.10 Å². The van der Waals surface area contributed by atoms with Crippen LogP contribution in [0.3, 0.4) is 0 Å². The fraction of sp³-hybridized carbons (Fsp3) is 0.625. The summed E-state index contributed by atoms with van der Waals surface area (Å²) in [6, 6.07) is 9.11. The number of nitrogens with zero attached hydrogens (tertiary/aromatic N) is 5. The van der Waals surface area contributed by atoms with E-state index in [1.165, 1.54) is 11.1 Å². The molecule has 1 aromatic heterocycles. The van der Waals surface area contributed by atoms with Crippen molar-refractivity contribution < 1.29 is 4.74 Å². The number of rotatable bonds is 7. The van der Waals surface area contributed by atoms with Gasteiger partial charge in [-0.1, -0.05) is 24.3 Å². The van der Waals surface area contributed by atoms with E-state index in [-0.39, 0.29) is 6.10 Å². The van der Waals surface area contributed by atoms with Gasteiger partial charge in [0, 0.05) is 45.9 Å². The zero-order valence-electron chi connectivity index (χ0n) is 19.7. The molecule has 0 radical (unpaired) electrons. The molecule has 0 saturated carbocycles. The predicted molar refractivity (Wildman–Crippen MR) is 126 cm³/mol. The number of hydrogen-bond acceptors (Lipinski definition) is 5. The van der Waals surface area contributed by atoms with Crippen LogP contribution in [0.5, 0.6) is 0 Å². The second-order valence-electron chi connectivity index (χ2n) is 9.02. The van der Waals surface area contributed by atoms with Gasteiger partial charge in [0.1, 0.15) is 12.4 Å². The van der Waals surface area contributed by atoms with Gasteiger partial charge in [-0.05, 0) is 50.7 Å². The molecule has 32 heavy (non-hydrogen) atoms. The molecule has 2 aromatic rings. The molecule has 0 aliphatic carbocycles. The molecule has 8 nitrogen and oxygen atoms in total. The summed E-state index contributed by atoms with van der Waals surface area (Å²) in [5.41, 5.74) is 2.80. The molecule has 3 heterocycles. The van der Waals surface area contributed by atoms with E-state index in [1.807, 2.05) is 18.5 Å². The molecule has 0 amide bonds. The Bertz CT molecular complexity index is 896. The average molecular weight is 440 g/mol. The van der Waals surface area contributed by atoms with Gasteiger partial charge in [0.15, 0.2) is 11.8 Å². The second kappa shape index (κ2) is 10.9. The molecule has 2 aliphatic heterocycles. The van der Waals surface area contributed by atoms with Crippen molar-refractivity contribution in [3.8, 4) is 0 Å². The molecule has 2 N–H and O–H groups in total. The first kappa shape index (κ1) is 22.7. The van der Waals surface area contributed by atoms with Gasteiger partial charge in [0.2, 0.25) is 0 Å². The minimum Gasteiger partial charge on any atom is -0.376 e. The van der Waals surface area contributed by atoms with E-state index in [9.17, 15) is 0 Å². The highest BCUT2D eigenvalue weighted by Crippen LogP contribution is 2.16. The number of nitrogens with one attached hydrogen (secondary N) is 2. The normalized spacial score (nSPS) is 20.6. The van der Waals surface area contributed by atoms with Crippen LogP contribution in [0.4, 0.5) is 0 Å². The zero-order chi connectivity index (χ0) is 22.3. The van der Waals surface area contributed by atoms with E-state index < -0.39 is 0 Å². The number of benzene rings is 1. The topological polar surface area (TPSA) is 79.6 Å². The number of aryl methyl sites for hydroxylation is 2. The Morgan fingerprint density at radius 1 is 1.16 bits per heavy atom. The molecule has 2 saturated heterocycles. The molecule has 2 fully saturated rings. The zero-order valence-corrected chi connectivity index (χ0v) is 19.7. The SMILES string of the molecule is Cc1ccccc1CN1CCC(NC(=NCc2nnc(C)n2C)NCC2CCCO2)CC1. The summed E-state index contributed by atoms with van der Waals surface area (Å²) >= 11 is 0. The largest absolute Gasteiger partial charge is 0.376 e. The molecular formula is C24H37N7O. The summed E-state index contributed by atoms with van der Waals surface area (Å²) in [5, 5.41) is 15.6. The molecule has 2 aliphatic rings. The molecule has 1 unspecified atom stereocenters. The summed E-state index contributed by atoms with van der Waals surface area (Å²) in [4.78, 5) is 7.38. The molecule has 174 valence electrons. The van der Waals surface area contributed by atoms with Gasteiger partial charge in [-0.3, -0.25) is 4.90 Å². The average Bonchev–Trinajstić information content (AvgIpc) is 3.43. The Balaban J connectivity index is 1.32. The maximum atomic E-state index is 5.78. The lowest BCUT2D eigenvalue weighted by atomic mass is 10.0. The standard InChI is InChI=1S/C24H37N7O/c1-18-7-4-5-8-20(18)17-31-12-10-21(11-13-31)27-24(25-15-22-9-6-14-32-22)26-16-23-29-28-19(2)30(23)3/h4-5,7-8,21-22H,6,9-17H2,1-3H3,(H2,25,26,27). The fourth-order valence-corrected chi connectivity index (χ4v) is 4.36. The van der Waals surface area contributed by atoms with Crippen molar-refractivity contribution in [1.29, 1.82) is 0 Å². The number of piperidine rings is 1. The van der Waals surface area contributed by atoms with Crippen LogP contribution in [0, 0.1) is 13.8 Å². The predicted octanol–water partition coefficient (Wildman–Crippen LogP) is 2.31. The molecule has 4 rings (SSSR count). The Labute approximate surface area is 191 Å². The molecule has 0 bridgehead atoms. The van der Waals surface area contributed by atoms with Crippen molar-refractivity contribution in [2.75, 3.05) is 26.2 Å². The van der Waals surface area contributed by atoms with Crippen LogP contribution < -0.4 is 10.6 Å². The van der Waals surface area contributed by atoms with Gasteiger partial charge < -0.3 is 19.9 Å². The third-order valence-electron chi connectivity index (χ3n) is 6.67. The van der Waals surface area contributed by atoms with E-state index in [4.69, 9.17) is 9.73 Å². The summed E-state index contributed by atoms with van der Waals surface area (Å²) in [7, 11) is 1.98. The maximum Gasteiger partial charge on any atom is 0.192 e. The lowest BCUT2D eigenvalue weighted by Crippen LogP contribution is -2.49. The molecule has 1 atom stereocenters. The van der Waals surface area contributed by atoms with E-state index in [0.717, 1.165) is 76.1 Å². The van der Waals surface area contributed by atoms with Crippen LogP contribution in [0.25, 0.3) is 0 Å². The van der Waals surface area contributed by atoms with E-state index in [2.05, 4.69) is 56.9 Å². The number of aromatic nitrogens is 3. The van der Waals surface area contributed by atoms with Crippen molar-refractivity contribution in [3.05, 3.63) is 47.0 Å². The Kier molecular flexibility index (Phi) is 7.76. The monoisotopic (exact) mass is 439 g/mol. The van der Waals surface area contributed by atoms with Crippen LogP contribution in [0.2, 0.25) is 0 Å². The summed E-state index contributed by atoms with van der Waals surface area (Å²) in [6.45, 7) is 9.53. The van der Waals surface area contributed by atoms with Crippen LogP contribution >= 0.6 is 0 Å². The molecule has 0 spiro atoms. The number of aliphatic imine (C=N–C) groups is 1. The Morgan fingerprint density at radius 3 is 2.66 bits per heavy atom. The third-order valence-corrected chi connectivity index (χ3v) is 6.67. The minimum absolute atomic E-state index is 0.273. The second-order valence-corrected chi connectivity index (χ2v) is 9.02. The van der Waals surface area contributed by atoms with Crippen molar-refractivity contribution >= 4 is 5.96 Å². The summed E-state index contributed by atoms with van der Waals surface area (Å²) in [5.74, 6) is 2.62. The first-order chi connectivity index (χ1) is 15.6. The van der Waals surface area contributed by atoms with Crippen LogP contribution in [0.15, 0.2) is 29.3 Å². The minimum atomic E-state index is 0.273. The van der Waals surface area contributed by atoms with Gasteiger partial charge >= 0.3 is 0 Å². The summed E-state index contributed by atoms with van der Waals surface area (Å²) < 4.78 is 7.77.